The third-order valence-electron chi connectivity index (χ3n) is 6.00. The van der Waals surface area contributed by atoms with Gasteiger partial charge >= 0.3 is 6.03 Å². The van der Waals surface area contributed by atoms with E-state index in [9.17, 15) is 14.7 Å². The predicted molar refractivity (Wildman–Crippen MR) is 103 cm³/mol. The zero-order valence-electron chi connectivity index (χ0n) is 15.1. The number of hydrogen-bond donors (Lipinski definition) is 3. The van der Waals surface area contributed by atoms with Gasteiger partial charge in [0, 0.05) is 6.42 Å². The van der Waals surface area contributed by atoms with Crippen molar-refractivity contribution in [3.05, 3.63) is 52.3 Å². The number of carbonyl (C=O) groups excluding carboxylic acids is 2. The van der Waals surface area contributed by atoms with Crippen LogP contribution >= 0.6 is 15.9 Å². The van der Waals surface area contributed by atoms with E-state index in [0.717, 1.165) is 15.9 Å². The molecule has 1 saturated heterocycles. The molecule has 0 spiro atoms. The summed E-state index contributed by atoms with van der Waals surface area (Å²) < 4.78 is 7.85. The summed E-state index contributed by atoms with van der Waals surface area (Å²) in [6.45, 7) is 0.260. The lowest BCUT2D eigenvalue weighted by Gasteiger charge is -2.32. The maximum absolute atomic E-state index is 12.6. The summed E-state index contributed by atoms with van der Waals surface area (Å²) in [7, 11) is 1.60. The fourth-order valence-corrected chi connectivity index (χ4v) is 5.25. The van der Waals surface area contributed by atoms with E-state index in [1.807, 2.05) is 34.9 Å². The van der Waals surface area contributed by atoms with E-state index in [2.05, 4.69) is 26.6 Å². The average Bonchev–Trinajstić information content (AvgIpc) is 3.27. The number of amides is 3. The van der Waals surface area contributed by atoms with Gasteiger partial charge in [0.25, 0.3) is 5.91 Å². The quantitative estimate of drug-likeness (QED) is 0.666. The second-order valence-electron chi connectivity index (χ2n) is 7.42. The molecule has 0 radical (unpaired) electrons. The van der Waals surface area contributed by atoms with Gasteiger partial charge in [-0.3, -0.25) is 9.69 Å². The summed E-state index contributed by atoms with van der Waals surface area (Å²) in [4.78, 5) is 26.6. The van der Waals surface area contributed by atoms with Gasteiger partial charge in [-0.1, -0.05) is 12.1 Å². The van der Waals surface area contributed by atoms with Crippen molar-refractivity contribution in [2.75, 3.05) is 7.11 Å². The van der Waals surface area contributed by atoms with E-state index in [1.54, 1.807) is 13.2 Å². The highest BCUT2D eigenvalue weighted by atomic mass is 79.9. The number of halogens is 1. The monoisotopic (exact) mass is 446 g/mol. The van der Waals surface area contributed by atoms with Gasteiger partial charge in [0.1, 0.15) is 17.5 Å². The zero-order chi connectivity index (χ0) is 19.6. The van der Waals surface area contributed by atoms with Crippen LogP contribution in [0.4, 0.5) is 4.79 Å². The summed E-state index contributed by atoms with van der Waals surface area (Å²) in [6, 6.07) is 9.48. The van der Waals surface area contributed by atoms with E-state index in [-0.39, 0.29) is 24.5 Å². The largest absolute Gasteiger partial charge is 0.497 e. The standard InChI is InChI=1S/C19H19BrN4O4/c1-28-11-4-2-10(3-5-11)9-23-18(26)22-16-15-13(8-19(16,23)27)24-12(17(25)21-15)6-7-14(24)20/h2-7,13,15-16,27H,8-9H2,1H3,(H,21,25)(H,22,26)/t13-,15-,16+,19+/m1/s1. The predicted octanol–water partition coefficient (Wildman–Crippen LogP) is 1.60. The second kappa shape index (κ2) is 5.99. The molecule has 4 atom stereocenters. The molecule has 1 aromatic carbocycles. The molecule has 2 aromatic rings. The van der Waals surface area contributed by atoms with E-state index >= 15 is 0 Å². The van der Waals surface area contributed by atoms with Gasteiger partial charge in [-0.25, -0.2) is 4.79 Å². The minimum atomic E-state index is -1.40. The Morgan fingerprint density at radius 3 is 2.68 bits per heavy atom. The first kappa shape index (κ1) is 17.6. The van der Waals surface area contributed by atoms with Crippen LogP contribution in [0.2, 0.25) is 0 Å². The van der Waals surface area contributed by atoms with Crippen molar-refractivity contribution in [1.29, 1.82) is 0 Å². The number of hydrogen-bond acceptors (Lipinski definition) is 4. The van der Waals surface area contributed by atoms with Crippen molar-refractivity contribution in [2.45, 2.75) is 36.8 Å². The summed E-state index contributed by atoms with van der Waals surface area (Å²) >= 11 is 3.50. The third kappa shape index (κ3) is 2.32. The molecule has 3 heterocycles. The van der Waals surface area contributed by atoms with Crippen LogP contribution in [-0.2, 0) is 6.54 Å². The number of urea groups is 1. The summed E-state index contributed by atoms with van der Waals surface area (Å²) in [6.07, 6.45) is 0.317. The SMILES string of the molecule is COc1ccc(CN2C(=O)N[C@H]3[C@@H]4NC(=O)c5ccc(Br)n5[C@@H]4C[C@]32O)cc1. The van der Waals surface area contributed by atoms with Crippen LogP contribution in [0.25, 0.3) is 0 Å². The Morgan fingerprint density at radius 2 is 1.96 bits per heavy atom. The van der Waals surface area contributed by atoms with Crippen molar-refractivity contribution in [3.8, 4) is 5.75 Å². The fourth-order valence-electron chi connectivity index (χ4n) is 4.67. The highest BCUT2D eigenvalue weighted by molar-refractivity contribution is 9.10. The van der Waals surface area contributed by atoms with E-state index in [4.69, 9.17) is 4.74 Å². The van der Waals surface area contributed by atoms with Crippen molar-refractivity contribution < 1.29 is 19.4 Å². The molecule has 1 aliphatic carbocycles. The molecule has 0 unspecified atom stereocenters. The molecule has 2 aliphatic heterocycles. The lowest BCUT2D eigenvalue weighted by molar-refractivity contribution is -0.0717. The summed E-state index contributed by atoms with van der Waals surface area (Å²) in [5.74, 6) is 0.518. The molecule has 3 N–H and O–H groups in total. The third-order valence-corrected chi connectivity index (χ3v) is 6.65. The average molecular weight is 447 g/mol. The molecule has 28 heavy (non-hydrogen) atoms. The van der Waals surface area contributed by atoms with E-state index in [1.165, 1.54) is 4.90 Å². The number of nitrogens with zero attached hydrogens (tertiary/aromatic N) is 2. The van der Waals surface area contributed by atoms with Crippen molar-refractivity contribution in [3.63, 3.8) is 0 Å². The zero-order valence-corrected chi connectivity index (χ0v) is 16.6. The van der Waals surface area contributed by atoms with Gasteiger partial charge in [-0.05, 0) is 45.8 Å². The first-order chi connectivity index (χ1) is 13.4. The van der Waals surface area contributed by atoms with E-state index in [0.29, 0.717) is 12.1 Å². The Bertz CT molecular complexity index is 975. The molecule has 146 valence electrons. The molecular formula is C19H19BrN4O4. The number of fused-ring (bicyclic) bond motifs is 5. The van der Waals surface area contributed by atoms with Gasteiger partial charge < -0.3 is 25.0 Å². The highest BCUT2D eigenvalue weighted by Gasteiger charge is 2.64. The molecule has 1 aromatic heterocycles. The number of aromatic nitrogens is 1. The Kier molecular flexibility index (Phi) is 3.76. The molecule has 8 nitrogen and oxygen atoms in total. The normalized spacial score (nSPS) is 30.4. The molecule has 3 amide bonds. The Balaban J connectivity index is 1.48. The fraction of sp³-hybridized carbons (Fsp3) is 0.368. The molecule has 0 bridgehead atoms. The van der Waals surface area contributed by atoms with Crippen LogP contribution in [0.3, 0.4) is 0 Å². The van der Waals surface area contributed by atoms with Crippen molar-refractivity contribution in [1.82, 2.24) is 20.1 Å². The molecular weight excluding hydrogens is 428 g/mol. The molecule has 2 fully saturated rings. The van der Waals surface area contributed by atoms with Crippen LogP contribution in [0.15, 0.2) is 41.0 Å². The van der Waals surface area contributed by atoms with Gasteiger partial charge in [-0.2, -0.15) is 0 Å². The smallest absolute Gasteiger partial charge is 0.320 e. The van der Waals surface area contributed by atoms with Crippen LogP contribution in [0.1, 0.15) is 28.5 Å². The van der Waals surface area contributed by atoms with Gasteiger partial charge in [-0.15, -0.1) is 0 Å². The Morgan fingerprint density at radius 1 is 1.21 bits per heavy atom. The number of benzene rings is 1. The Hall–Kier alpha value is -2.52. The lowest BCUT2D eigenvalue weighted by atomic mass is 10.0. The van der Waals surface area contributed by atoms with Crippen LogP contribution in [-0.4, -0.2) is 51.4 Å². The second-order valence-corrected chi connectivity index (χ2v) is 8.23. The number of methoxy groups -OCH3 is 1. The van der Waals surface area contributed by atoms with Gasteiger partial charge in [0.15, 0.2) is 5.72 Å². The number of nitrogens with one attached hydrogen (secondary N) is 2. The van der Waals surface area contributed by atoms with Crippen LogP contribution < -0.4 is 15.4 Å². The minimum absolute atomic E-state index is 0.161. The first-order valence-corrected chi connectivity index (χ1v) is 9.83. The molecule has 9 heteroatoms. The maximum Gasteiger partial charge on any atom is 0.320 e. The van der Waals surface area contributed by atoms with Gasteiger partial charge in [0.05, 0.1) is 30.3 Å². The van der Waals surface area contributed by atoms with E-state index < -0.39 is 17.8 Å². The van der Waals surface area contributed by atoms with Gasteiger partial charge in [0.2, 0.25) is 0 Å². The maximum atomic E-state index is 12.6. The van der Waals surface area contributed by atoms with Crippen molar-refractivity contribution in [2.24, 2.45) is 0 Å². The van der Waals surface area contributed by atoms with Crippen LogP contribution in [0.5, 0.6) is 5.75 Å². The number of carbonyl (C=O) groups is 2. The minimum Gasteiger partial charge on any atom is -0.497 e. The number of ether oxygens (including phenoxy) is 1. The molecule has 1 saturated carbocycles. The number of aliphatic hydroxyl groups is 1. The lowest BCUT2D eigenvalue weighted by Crippen LogP contribution is -2.56. The Labute approximate surface area is 169 Å². The highest BCUT2D eigenvalue weighted by Crippen LogP contribution is 2.47. The topological polar surface area (TPSA) is 95.8 Å². The summed E-state index contributed by atoms with van der Waals surface area (Å²) in [5.41, 5.74) is 0.0294. The van der Waals surface area contributed by atoms with Crippen LogP contribution in [0, 0.1) is 0 Å². The van der Waals surface area contributed by atoms with Crippen molar-refractivity contribution >= 4 is 27.9 Å². The first-order valence-electron chi connectivity index (χ1n) is 9.03. The molecule has 5 rings (SSSR count). The number of rotatable bonds is 3. The summed E-state index contributed by atoms with van der Waals surface area (Å²) in [5, 5.41) is 17.4. The molecule has 3 aliphatic rings.